The van der Waals surface area contributed by atoms with Crippen LogP contribution in [0.3, 0.4) is 0 Å². The number of fused-ring (bicyclic) bond motifs is 3. The van der Waals surface area contributed by atoms with Gasteiger partial charge in [0.25, 0.3) is 0 Å². The Bertz CT molecular complexity index is 2910. The van der Waals surface area contributed by atoms with Crippen molar-refractivity contribution in [2.75, 3.05) is 4.90 Å². The van der Waals surface area contributed by atoms with Crippen LogP contribution in [0.5, 0.6) is 0 Å². The van der Waals surface area contributed by atoms with Gasteiger partial charge in [-0.2, -0.15) is 0 Å². The van der Waals surface area contributed by atoms with Crippen LogP contribution in [0.4, 0.5) is 21.5 Å². The van der Waals surface area contributed by atoms with Gasteiger partial charge in [0.05, 0.1) is 11.0 Å². The van der Waals surface area contributed by atoms with Crippen molar-refractivity contribution in [1.29, 1.82) is 0 Å². The van der Waals surface area contributed by atoms with E-state index in [0.29, 0.717) is 0 Å². The number of hydrogen-bond donors (Lipinski definition) is 0. The highest BCUT2D eigenvalue weighted by Crippen LogP contribution is 2.39. The van der Waals surface area contributed by atoms with Crippen LogP contribution in [0.2, 0.25) is 0 Å². The molecule has 270 valence electrons. The molecule has 0 bridgehead atoms. The van der Waals surface area contributed by atoms with Crippen molar-refractivity contribution >= 4 is 38.9 Å². The zero-order valence-corrected chi connectivity index (χ0v) is 31.1. The number of aromatic nitrogens is 1. The molecule has 2 nitrogen and oxygen atoms in total. The van der Waals surface area contributed by atoms with E-state index >= 15 is 0 Å². The molecule has 0 aliphatic heterocycles. The van der Waals surface area contributed by atoms with Gasteiger partial charge in [0.2, 0.25) is 0 Å². The average molecular weight is 733 g/mol. The average Bonchev–Trinajstić information content (AvgIpc) is 3.62. The van der Waals surface area contributed by atoms with Gasteiger partial charge >= 0.3 is 0 Å². The molecule has 0 saturated carbocycles. The van der Waals surface area contributed by atoms with Crippen LogP contribution in [-0.4, -0.2) is 4.57 Å². The zero-order valence-electron chi connectivity index (χ0n) is 31.1. The maximum absolute atomic E-state index is 13.5. The van der Waals surface area contributed by atoms with Gasteiger partial charge in [0.15, 0.2) is 0 Å². The summed E-state index contributed by atoms with van der Waals surface area (Å²) in [6.07, 6.45) is 0. The Balaban J connectivity index is 0.989. The Morgan fingerprint density at radius 1 is 0.298 bits per heavy atom. The summed E-state index contributed by atoms with van der Waals surface area (Å²) in [5.41, 5.74) is 15.7. The quantitative estimate of drug-likeness (QED) is 0.151. The van der Waals surface area contributed by atoms with Crippen molar-refractivity contribution < 1.29 is 4.39 Å². The van der Waals surface area contributed by atoms with Crippen LogP contribution in [-0.2, 0) is 0 Å². The molecular weight excluding hydrogens is 696 g/mol. The highest BCUT2D eigenvalue weighted by Gasteiger charge is 2.15. The summed E-state index contributed by atoms with van der Waals surface area (Å²) in [4.78, 5) is 2.31. The van der Waals surface area contributed by atoms with Crippen molar-refractivity contribution in [3.05, 3.63) is 230 Å². The van der Waals surface area contributed by atoms with Gasteiger partial charge in [-0.1, -0.05) is 152 Å². The van der Waals surface area contributed by atoms with Crippen LogP contribution in [0, 0.1) is 5.82 Å². The summed E-state index contributed by atoms with van der Waals surface area (Å²) < 4.78 is 15.9. The number of nitrogens with zero attached hydrogens (tertiary/aromatic N) is 2. The van der Waals surface area contributed by atoms with E-state index in [1.807, 2.05) is 18.2 Å². The van der Waals surface area contributed by atoms with Gasteiger partial charge < -0.3 is 9.47 Å². The van der Waals surface area contributed by atoms with E-state index in [2.05, 4.69) is 204 Å². The molecule has 0 amide bonds. The number of benzene rings is 9. The number of rotatable bonds is 8. The van der Waals surface area contributed by atoms with Crippen LogP contribution >= 0.6 is 0 Å². The standard InChI is InChI=1S/C54H37FN2/c55-46-29-21-41(22-30-46)39-17-19-40(20-18-39)43-25-33-48(34-26-43)56(47-31-23-42(24-32-47)38-9-2-1-3-10-38)49-35-27-44(28-36-49)45-11-8-12-50(37-45)57-53-15-6-4-13-51(53)52-14-5-7-16-54(52)57/h1-37H. The van der Waals surface area contributed by atoms with Gasteiger partial charge in [0, 0.05) is 33.5 Å². The number of anilines is 3. The summed E-state index contributed by atoms with van der Waals surface area (Å²) in [5, 5.41) is 2.51. The fourth-order valence-electron chi connectivity index (χ4n) is 8.01. The topological polar surface area (TPSA) is 8.17 Å². The molecule has 10 aromatic rings. The minimum Gasteiger partial charge on any atom is -0.311 e. The first-order valence-corrected chi connectivity index (χ1v) is 19.3. The molecule has 0 N–H and O–H groups in total. The summed E-state index contributed by atoms with van der Waals surface area (Å²) in [5.74, 6) is -0.228. The molecule has 0 fully saturated rings. The lowest BCUT2D eigenvalue weighted by atomic mass is 10.00. The first kappa shape index (κ1) is 34.0. The van der Waals surface area contributed by atoms with Gasteiger partial charge in [-0.25, -0.2) is 4.39 Å². The SMILES string of the molecule is Fc1ccc(-c2ccc(-c3ccc(N(c4ccc(-c5ccccc5)cc4)c4ccc(-c5cccc(-n6c7ccccc7c7ccccc76)c5)cc4)cc3)cc2)cc1. The molecule has 0 spiro atoms. The van der Waals surface area contributed by atoms with Gasteiger partial charge in [-0.05, 0) is 117 Å². The van der Waals surface area contributed by atoms with E-state index in [-0.39, 0.29) is 5.82 Å². The third-order valence-electron chi connectivity index (χ3n) is 10.9. The molecule has 0 saturated heterocycles. The lowest BCUT2D eigenvalue weighted by Gasteiger charge is -2.26. The lowest BCUT2D eigenvalue weighted by Crippen LogP contribution is -2.09. The number of hydrogen-bond acceptors (Lipinski definition) is 1. The molecule has 0 aliphatic rings. The molecule has 10 rings (SSSR count). The predicted molar refractivity (Wildman–Crippen MR) is 237 cm³/mol. The van der Waals surface area contributed by atoms with Crippen molar-refractivity contribution in [3.8, 4) is 50.2 Å². The fraction of sp³-hybridized carbons (Fsp3) is 0. The predicted octanol–water partition coefficient (Wildman–Crippen LogP) is 15.1. The molecule has 1 heterocycles. The van der Waals surface area contributed by atoms with E-state index in [9.17, 15) is 4.39 Å². The molecule has 0 unspecified atom stereocenters. The fourth-order valence-corrected chi connectivity index (χ4v) is 8.01. The molecule has 0 radical (unpaired) electrons. The van der Waals surface area contributed by atoms with E-state index in [0.717, 1.165) is 56.1 Å². The number of halogens is 1. The number of para-hydroxylation sites is 2. The summed E-state index contributed by atoms with van der Waals surface area (Å²) in [6, 6.07) is 78.1. The third kappa shape index (κ3) is 6.56. The Kier molecular flexibility index (Phi) is 8.74. The minimum absolute atomic E-state index is 0.228. The first-order chi connectivity index (χ1) is 28.2. The second kappa shape index (κ2) is 14.6. The van der Waals surface area contributed by atoms with Gasteiger partial charge in [-0.15, -0.1) is 0 Å². The van der Waals surface area contributed by atoms with Gasteiger partial charge in [-0.3, -0.25) is 0 Å². The second-order valence-electron chi connectivity index (χ2n) is 14.3. The molecule has 57 heavy (non-hydrogen) atoms. The molecular formula is C54H37FN2. The van der Waals surface area contributed by atoms with E-state index in [1.54, 1.807) is 0 Å². The van der Waals surface area contributed by atoms with Crippen molar-refractivity contribution in [1.82, 2.24) is 4.57 Å². The molecule has 1 aromatic heterocycles. The van der Waals surface area contributed by atoms with Crippen LogP contribution in [0.25, 0.3) is 72.0 Å². The maximum atomic E-state index is 13.5. The monoisotopic (exact) mass is 732 g/mol. The molecule has 0 aliphatic carbocycles. The molecule has 0 atom stereocenters. The Hall–Kier alpha value is -7.49. The van der Waals surface area contributed by atoms with Crippen molar-refractivity contribution in [2.24, 2.45) is 0 Å². The molecule has 3 heteroatoms. The third-order valence-corrected chi connectivity index (χ3v) is 10.9. The summed E-state index contributed by atoms with van der Waals surface area (Å²) in [7, 11) is 0. The van der Waals surface area contributed by atoms with E-state index in [1.165, 1.54) is 45.1 Å². The Morgan fingerprint density at radius 3 is 1.12 bits per heavy atom. The van der Waals surface area contributed by atoms with Crippen LogP contribution in [0.15, 0.2) is 224 Å². The summed E-state index contributed by atoms with van der Waals surface area (Å²) in [6.45, 7) is 0. The zero-order chi connectivity index (χ0) is 38.1. The largest absolute Gasteiger partial charge is 0.311 e. The molecule has 9 aromatic carbocycles. The van der Waals surface area contributed by atoms with E-state index in [4.69, 9.17) is 0 Å². The minimum atomic E-state index is -0.228. The van der Waals surface area contributed by atoms with E-state index < -0.39 is 0 Å². The van der Waals surface area contributed by atoms with Crippen molar-refractivity contribution in [2.45, 2.75) is 0 Å². The Morgan fingerprint density at radius 2 is 0.649 bits per heavy atom. The summed E-state index contributed by atoms with van der Waals surface area (Å²) >= 11 is 0. The highest BCUT2D eigenvalue weighted by molar-refractivity contribution is 6.09. The normalized spacial score (nSPS) is 11.2. The smallest absolute Gasteiger partial charge is 0.123 e. The highest BCUT2D eigenvalue weighted by atomic mass is 19.1. The lowest BCUT2D eigenvalue weighted by molar-refractivity contribution is 0.628. The maximum Gasteiger partial charge on any atom is 0.123 e. The van der Waals surface area contributed by atoms with Gasteiger partial charge in [0.1, 0.15) is 5.82 Å². The van der Waals surface area contributed by atoms with Crippen LogP contribution < -0.4 is 4.90 Å². The second-order valence-corrected chi connectivity index (χ2v) is 14.3. The first-order valence-electron chi connectivity index (χ1n) is 19.3. The van der Waals surface area contributed by atoms with Crippen LogP contribution in [0.1, 0.15) is 0 Å². The van der Waals surface area contributed by atoms with Crippen molar-refractivity contribution in [3.63, 3.8) is 0 Å². The Labute approximate surface area is 332 Å².